The number of allylic oxidation sites excluding steroid dienone is 1. The number of Topliss-reactive ketones (excluding diaryl/α,β-unsaturated/α-hetero) is 1. The van der Waals surface area contributed by atoms with Crippen LogP contribution in [-0.2, 0) is 9.36 Å². The Kier molecular flexibility index (Phi) is 6.73. The van der Waals surface area contributed by atoms with Gasteiger partial charge in [0.2, 0.25) is 0 Å². The van der Waals surface area contributed by atoms with Crippen molar-refractivity contribution in [2.24, 2.45) is 0 Å². The molecule has 3 aromatic rings. The van der Waals surface area contributed by atoms with Gasteiger partial charge >= 0.3 is 7.60 Å². The van der Waals surface area contributed by atoms with Crippen LogP contribution < -0.4 is 9.05 Å². The molecule has 29 heavy (non-hydrogen) atoms. The first-order valence-corrected chi connectivity index (χ1v) is 11.3. The predicted molar refractivity (Wildman–Crippen MR) is 118 cm³/mol. The number of carbonyl (C=O) groups excluding carboxylic acids is 1. The van der Waals surface area contributed by atoms with Crippen LogP contribution in [0.3, 0.4) is 0 Å². The first kappa shape index (κ1) is 21.1. The van der Waals surface area contributed by atoms with Gasteiger partial charge in [-0.15, -0.1) is 0 Å². The Bertz CT molecular complexity index is 988. The van der Waals surface area contributed by atoms with Gasteiger partial charge in [0.15, 0.2) is 5.78 Å². The summed E-state index contributed by atoms with van der Waals surface area (Å²) in [5.74, 6) is 0.474. The maximum absolute atomic E-state index is 14.2. The van der Waals surface area contributed by atoms with E-state index in [2.05, 4.69) is 22.5 Å². The molecule has 4 nitrogen and oxygen atoms in total. The fourth-order valence-electron chi connectivity index (χ4n) is 2.79. The Balaban J connectivity index is 2.13. The van der Waals surface area contributed by atoms with E-state index in [1.165, 1.54) is 6.92 Å². The van der Waals surface area contributed by atoms with Gasteiger partial charge in [-0.3, -0.25) is 4.79 Å². The van der Waals surface area contributed by atoms with Crippen LogP contribution in [0.2, 0.25) is 0 Å². The lowest BCUT2D eigenvalue weighted by molar-refractivity contribution is -0.113. The smallest absolute Gasteiger partial charge is 0.415 e. The number of hydrogen-bond donors (Lipinski definition) is 0. The van der Waals surface area contributed by atoms with Crippen molar-refractivity contribution in [3.63, 3.8) is 0 Å². The van der Waals surface area contributed by atoms with Crippen LogP contribution in [0.1, 0.15) is 18.1 Å². The predicted octanol–water partition coefficient (Wildman–Crippen LogP) is 6.99. The van der Waals surface area contributed by atoms with Gasteiger partial charge in [0, 0.05) is 10.0 Å². The zero-order valence-electron chi connectivity index (χ0n) is 15.8. The van der Waals surface area contributed by atoms with Crippen molar-refractivity contribution < 1.29 is 18.4 Å². The van der Waals surface area contributed by atoms with Crippen LogP contribution >= 0.6 is 23.5 Å². The van der Waals surface area contributed by atoms with Crippen molar-refractivity contribution >= 4 is 29.3 Å². The zero-order valence-corrected chi connectivity index (χ0v) is 18.3. The first-order chi connectivity index (χ1) is 13.9. The van der Waals surface area contributed by atoms with E-state index in [9.17, 15) is 9.36 Å². The summed E-state index contributed by atoms with van der Waals surface area (Å²) in [4.78, 5) is 12.2. The molecule has 1 unspecified atom stereocenters. The monoisotopic (exact) mass is 470 g/mol. The van der Waals surface area contributed by atoms with E-state index < -0.39 is 13.3 Å². The molecule has 0 radical (unpaired) electrons. The van der Waals surface area contributed by atoms with E-state index in [1.807, 2.05) is 24.3 Å². The Morgan fingerprint density at radius 3 is 1.72 bits per heavy atom. The summed E-state index contributed by atoms with van der Waals surface area (Å²) in [6, 6.07) is 24.7. The highest BCUT2D eigenvalue weighted by molar-refractivity contribution is 9.10. The molecular formula is C23H20BrO4P. The van der Waals surface area contributed by atoms with Gasteiger partial charge < -0.3 is 9.05 Å². The van der Waals surface area contributed by atoms with Gasteiger partial charge in [-0.1, -0.05) is 71.0 Å². The second-order valence-corrected chi connectivity index (χ2v) is 9.26. The Morgan fingerprint density at radius 2 is 1.31 bits per heavy atom. The number of ketones is 1. The molecule has 6 heteroatoms. The normalized spacial score (nSPS) is 12.1. The number of carbonyl (C=O) groups is 1. The third kappa shape index (κ3) is 5.26. The van der Waals surface area contributed by atoms with E-state index >= 15 is 0 Å². The lowest BCUT2D eigenvalue weighted by Gasteiger charge is -2.28. The highest BCUT2D eigenvalue weighted by Crippen LogP contribution is 2.62. The van der Waals surface area contributed by atoms with Gasteiger partial charge in [0.1, 0.15) is 17.2 Å². The highest BCUT2D eigenvalue weighted by Gasteiger charge is 2.43. The lowest BCUT2D eigenvalue weighted by atomic mass is 10.0. The van der Waals surface area contributed by atoms with Gasteiger partial charge in [0.25, 0.3) is 0 Å². The lowest BCUT2D eigenvalue weighted by Crippen LogP contribution is -2.16. The molecule has 0 amide bonds. The number of benzene rings is 3. The van der Waals surface area contributed by atoms with Crippen molar-refractivity contribution in [3.8, 4) is 11.5 Å². The second-order valence-electron chi connectivity index (χ2n) is 6.38. The molecule has 148 valence electrons. The van der Waals surface area contributed by atoms with Crippen LogP contribution in [0.15, 0.2) is 102 Å². The number of rotatable bonds is 8. The molecule has 0 N–H and O–H groups in total. The van der Waals surface area contributed by atoms with Crippen molar-refractivity contribution in [2.75, 3.05) is 0 Å². The van der Waals surface area contributed by atoms with Crippen LogP contribution in [0.25, 0.3) is 0 Å². The topological polar surface area (TPSA) is 52.6 Å². The molecule has 0 saturated carbocycles. The van der Waals surface area contributed by atoms with Crippen molar-refractivity contribution in [3.05, 3.63) is 107 Å². The van der Waals surface area contributed by atoms with E-state index in [-0.39, 0.29) is 11.4 Å². The molecule has 0 fully saturated rings. The van der Waals surface area contributed by atoms with E-state index in [4.69, 9.17) is 9.05 Å². The molecule has 3 aromatic carbocycles. The third-order valence-corrected chi connectivity index (χ3v) is 6.94. The van der Waals surface area contributed by atoms with Crippen molar-refractivity contribution in [1.82, 2.24) is 0 Å². The van der Waals surface area contributed by atoms with Crippen molar-refractivity contribution in [1.29, 1.82) is 0 Å². The minimum Gasteiger partial charge on any atom is -0.415 e. The minimum absolute atomic E-state index is 0.155. The van der Waals surface area contributed by atoms with E-state index in [0.29, 0.717) is 17.1 Å². The minimum atomic E-state index is -3.96. The maximum Gasteiger partial charge on any atom is 0.442 e. The quantitative estimate of drug-likeness (QED) is 0.263. The molecule has 0 aliphatic heterocycles. The number of hydrogen-bond acceptors (Lipinski definition) is 4. The third-order valence-electron chi connectivity index (χ3n) is 4.24. The summed E-state index contributed by atoms with van der Waals surface area (Å²) >= 11 is 3.40. The summed E-state index contributed by atoms with van der Waals surface area (Å²) in [6.45, 7) is 5.30. The molecule has 0 aliphatic rings. The summed E-state index contributed by atoms with van der Waals surface area (Å²) in [5, 5.41) is 0. The van der Waals surface area contributed by atoms with Crippen molar-refractivity contribution in [2.45, 2.75) is 12.6 Å². The van der Waals surface area contributed by atoms with E-state index in [1.54, 1.807) is 60.7 Å². The van der Waals surface area contributed by atoms with Gasteiger partial charge in [0.05, 0.1) is 0 Å². The Hall–Kier alpha value is -2.62. The average Bonchev–Trinajstić information content (AvgIpc) is 2.71. The zero-order chi connectivity index (χ0) is 20.9. The van der Waals surface area contributed by atoms with E-state index in [0.717, 1.165) is 4.47 Å². The fourth-order valence-corrected chi connectivity index (χ4v) is 5.24. The molecule has 0 spiro atoms. The summed E-state index contributed by atoms with van der Waals surface area (Å²) in [7, 11) is -3.96. The van der Waals surface area contributed by atoms with Gasteiger partial charge in [-0.05, 0) is 48.9 Å². The molecule has 0 aliphatic carbocycles. The second kappa shape index (κ2) is 9.25. The molecule has 0 heterocycles. The number of para-hydroxylation sites is 2. The van der Waals surface area contributed by atoms with Gasteiger partial charge in [-0.25, -0.2) is 4.57 Å². The molecule has 0 bridgehead atoms. The average molecular weight is 471 g/mol. The molecule has 3 rings (SSSR count). The molecule has 1 atom stereocenters. The molecule has 0 aromatic heterocycles. The molecule has 0 saturated heterocycles. The maximum atomic E-state index is 14.2. The summed E-state index contributed by atoms with van der Waals surface area (Å²) in [5.41, 5.74) is -0.195. The Morgan fingerprint density at radius 1 is 0.862 bits per heavy atom. The van der Waals surface area contributed by atoms with Gasteiger partial charge in [-0.2, -0.15) is 0 Å². The Labute approximate surface area is 178 Å². The number of halogens is 1. The molecular weight excluding hydrogens is 451 g/mol. The first-order valence-electron chi connectivity index (χ1n) is 8.93. The fraction of sp³-hybridized carbons (Fsp3) is 0.0870. The van der Waals surface area contributed by atoms with Crippen LogP contribution in [-0.4, -0.2) is 5.78 Å². The van der Waals surface area contributed by atoms with Crippen LogP contribution in [0.4, 0.5) is 0 Å². The summed E-state index contributed by atoms with van der Waals surface area (Å²) < 4.78 is 26.9. The highest BCUT2D eigenvalue weighted by atomic mass is 79.9. The standard InChI is InChI=1S/C23H20BrO4P/c1-17(18(2)25)23(19-13-15-20(24)16-14-19)29(26,27-21-9-5-3-6-10-21)28-22-11-7-4-8-12-22/h3-16,23H,1H2,2H3. The van der Waals surface area contributed by atoms with Crippen LogP contribution in [0.5, 0.6) is 11.5 Å². The SMILES string of the molecule is C=C(C(C)=O)C(c1ccc(Br)cc1)P(=O)(Oc1ccccc1)Oc1ccccc1. The summed E-state index contributed by atoms with van der Waals surface area (Å²) in [6.07, 6.45) is 0. The van der Waals surface area contributed by atoms with Crippen LogP contribution in [0, 0.1) is 0 Å². The largest absolute Gasteiger partial charge is 0.442 e.